The maximum atomic E-state index is 12.1. The van der Waals surface area contributed by atoms with E-state index in [1.54, 1.807) is 12.1 Å². The summed E-state index contributed by atoms with van der Waals surface area (Å²) in [5.74, 6) is -0.232. The van der Waals surface area contributed by atoms with Crippen molar-refractivity contribution in [3.05, 3.63) is 53.1 Å². The summed E-state index contributed by atoms with van der Waals surface area (Å²) in [7, 11) is 2.98. The first-order valence-electron chi connectivity index (χ1n) is 9.83. The van der Waals surface area contributed by atoms with Crippen molar-refractivity contribution in [1.82, 2.24) is 0 Å². The third kappa shape index (κ3) is 6.93. The van der Waals surface area contributed by atoms with Crippen molar-refractivity contribution in [2.45, 2.75) is 13.8 Å². The van der Waals surface area contributed by atoms with Gasteiger partial charge in [-0.15, -0.1) is 0 Å². The van der Waals surface area contributed by atoms with Crippen molar-refractivity contribution in [2.75, 3.05) is 44.1 Å². The van der Waals surface area contributed by atoms with Gasteiger partial charge in [-0.3, -0.25) is 4.79 Å². The lowest BCUT2D eigenvalue weighted by Gasteiger charge is -2.21. The molecule has 7 nitrogen and oxygen atoms in total. The summed E-state index contributed by atoms with van der Waals surface area (Å²) in [5.41, 5.74) is 2.33. The van der Waals surface area contributed by atoms with E-state index in [2.05, 4.69) is 24.1 Å². The molecule has 0 unspecified atom stereocenters. The van der Waals surface area contributed by atoms with Gasteiger partial charge >= 0.3 is 5.97 Å². The molecule has 0 radical (unpaired) electrons. The normalized spacial score (nSPS) is 10.6. The average Bonchev–Trinajstić information content (AvgIpc) is 2.77. The van der Waals surface area contributed by atoms with Gasteiger partial charge in [-0.25, -0.2) is 4.79 Å². The summed E-state index contributed by atoms with van der Waals surface area (Å²) in [6, 6.07) is 10.8. The number of hydrogen-bond donors (Lipinski definition) is 1. The molecule has 0 saturated carbocycles. The number of anilines is 2. The Morgan fingerprint density at radius 2 is 1.74 bits per heavy atom. The number of methoxy groups -OCH3 is 2. The molecule has 0 aliphatic rings. The van der Waals surface area contributed by atoms with Crippen LogP contribution in [0.2, 0.25) is 5.02 Å². The highest BCUT2D eigenvalue weighted by Gasteiger charge is 2.11. The number of hydrogen-bond acceptors (Lipinski definition) is 6. The van der Waals surface area contributed by atoms with Crippen molar-refractivity contribution in [1.29, 1.82) is 0 Å². The van der Waals surface area contributed by atoms with Gasteiger partial charge in [0.15, 0.2) is 18.1 Å². The average molecular weight is 447 g/mol. The zero-order valence-corrected chi connectivity index (χ0v) is 18.9. The zero-order valence-electron chi connectivity index (χ0n) is 18.1. The van der Waals surface area contributed by atoms with Crippen LogP contribution in [0.1, 0.15) is 19.4 Å². The van der Waals surface area contributed by atoms with Crippen molar-refractivity contribution < 1.29 is 23.8 Å². The molecule has 0 aliphatic heterocycles. The molecule has 166 valence electrons. The van der Waals surface area contributed by atoms with Crippen LogP contribution in [0, 0.1) is 0 Å². The van der Waals surface area contributed by atoms with Gasteiger partial charge in [-0.1, -0.05) is 11.6 Å². The summed E-state index contributed by atoms with van der Waals surface area (Å²) < 4.78 is 15.4. The molecule has 0 spiro atoms. The molecule has 2 rings (SSSR count). The molecule has 0 aliphatic carbocycles. The minimum absolute atomic E-state index is 0.348. The number of carbonyl (C=O) groups is 2. The summed E-state index contributed by atoms with van der Waals surface area (Å²) in [6.45, 7) is 5.58. The largest absolute Gasteiger partial charge is 0.493 e. The lowest BCUT2D eigenvalue weighted by Crippen LogP contribution is -2.22. The van der Waals surface area contributed by atoms with Crippen LogP contribution in [-0.2, 0) is 14.3 Å². The van der Waals surface area contributed by atoms with Gasteiger partial charge in [0.25, 0.3) is 5.91 Å². The number of amides is 1. The topological polar surface area (TPSA) is 77.1 Å². The highest BCUT2D eigenvalue weighted by molar-refractivity contribution is 6.32. The molecule has 0 heterocycles. The third-order valence-electron chi connectivity index (χ3n) is 4.49. The number of halogens is 1. The standard InChI is InChI=1S/C23H27ClN2O5/c1-5-26(6-2)18-10-8-17(9-11-18)25-21(27)15-31-22(28)12-7-16-13-19(24)23(30-4)20(14-16)29-3/h7-14H,5-6,15H2,1-4H3,(H,25,27)/b12-7+. The van der Waals surface area contributed by atoms with E-state index in [9.17, 15) is 9.59 Å². The number of benzene rings is 2. The van der Waals surface area contributed by atoms with Crippen LogP contribution in [0.15, 0.2) is 42.5 Å². The lowest BCUT2D eigenvalue weighted by atomic mass is 10.2. The van der Waals surface area contributed by atoms with Crippen LogP contribution >= 0.6 is 11.6 Å². The Morgan fingerprint density at radius 3 is 2.32 bits per heavy atom. The zero-order chi connectivity index (χ0) is 22.8. The summed E-state index contributed by atoms with van der Waals surface area (Å²) in [5, 5.41) is 3.05. The van der Waals surface area contributed by atoms with E-state index in [-0.39, 0.29) is 0 Å². The first-order chi connectivity index (χ1) is 14.9. The van der Waals surface area contributed by atoms with Gasteiger partial charge in [-0.2, -0.15) is 0 Å². The van der Waals surface area contributed by atoms with E-state index in [1.807, 2.05) is 24.3 Å². The van der Waals surface area contributed by atoms with Crippen LogP contribution in [0.25, 0.3) is 6.08 Å². The SMILES string of the molecule is CCN(CC)c1ccc(NC(=O)COC(=O)/C=C/c2cc(Cl)c(OC)c(OC)c2)cc1. The quantitative estimate of drug-likeness (QED) is 0.430. The second-order valence-electron chi connectivity index (χ2n) is 6.45. The van der Waals surface area contributed by atoms with E-state index < -0.39 is 18.5 Å². The third-order valence-corrected chi connectivity index (χ3v) is 4.77. The second kappa shape index (κ2) is 11.9. The molecule has 8 heteroatoms. The Hall–Kier alpha value is -3.19. The van der Waals surface area contributed by atoms with E-state index >= 15 is 0 Å². The molecule has 31 heavy (non-hydrogen) atoms. The minimum Gasteiger partial charge on any atom is -0.493 e. The fourth-order valence-corrected chi connectivity index (χ4v) is 3.22. The highest BCUT2D eigenvalue weighted by Crippen LogP contribution is 2.36. The van der Waals surface area contributed by atoms with Gasteiger partial charge in [0.2, 0.25) is 0 Å². The Kier molecular flexibility index (Phi) is 9.21. The predicted molar refractivity (Wildman–Crippen MR) is 123 cm³/mol. The molecule has 1 amide bonds. The molecule has 1 N–H and O–H groups in total. The van der Waals surface area contributed by atoms with Gasteiger partial charge in [-0.05, 0) is 61.9 Å². The van der Waals surface area contributed by atoms with E-state index in [4.69, 9.17) is 25.8 Å². The Morgan fingerprint density at radius 1 is 1.06 bits per heavy atom. The number of carbonyl (C=O) groups excluding carboxylic acids is 2. The molecular weight excluding hydrogens is 420 g/mol. The summed E-state index contributed by atoms with van der Waals surface area (Å²) in [4.78, 5) is 26.2. The molecule has 2 aromatic carbocycles. The molecule has 0 bridgehead atoms. The Bertz CT molecular complexity index is 924. The maximum Gasteiger partial charge on any atom is 0.331 e. The number of nitrogens with one attached hydrogen (secondary N) is 1. The smallest absolute Gasteiger partial charge is 0.331 e. The van der Waals surface area contributed by atoms with Crippen molar-refractivity contribution in [2.24, 2.45) is 0 Å². The van der Waals surface area contributed by atoms with Crippen LogP contribution in [-0.4, -0.2) is 45.8 Å². The van der Waals surface area contributed by atoms with Crippen LogP contribution in [0.4, 0.5) is 11.4 Å². The number of esters is 1. The molecule has 0 saturated heterocycles. The van der Waals surface area contributed by atoms with Crippen LogP contribution in [0.5, 0.6) is 11.5 Å². The highest BCUT2D eigenvalue weighted by atomic mass is 35.5. The second-order valence-corrected chi connectivity index (χ2v) is 6.85. The molecular formula is C23H27ClN2O5. The van der Waals surface area contributed by atoms with Crippen molar-refractivity contribution in [3.63, 3.8) is 0 Å². The summed E-state index contributed by atoms with van der Waals surface area (Å²) in [6.07, 6.45) is 2.73. The van der Waals surface area contributed by atoms with Gasteiger partial charge in [0.1, 0.15) is 0 Å². The molecule has 2 aromatic rings. The van der Waals surface area contributed by atoms with E-state index in [1.165, 1.54) is 26.4 Å². The van der Waals surface area contributed by atoms with Gasteiger partial charge in [0.05, 0.1) is 19.2 Å². The van der Waals surface area contributed by atoms with Crippen molar-refractivity contribution >= 4 is 40.9 Å². The van der Waals surface area contributed by atoms with Gasteiger partial charge < -0.3 is 24.4 Å². The maximum absolute atomic E-state index is 12.1. The van der Waals surface area contributed by atoms with E-state index in [0.29, 0.717) is 27.8 Å². The fraction of sp³-hybridized carbons (Fsp3) is 0.304. The number of rotatable bonds is 10. The Balaban J connectivity index is 1.88. The van der Waals surface area contributed by atoms with Crippen LogP contribution in [0.3, 0.4) is 0 Å². The first-order valence-corrected chi connectivity index (χ1v) is 10.2. The molecule has 0 fully saturated rings. The van der Waals surface area contributed by atoms with Crippen molar-refractivity contribution in [3.8, 4) is 11.5 Å². The number of ether oxygens (including phenoxy) is 3. The monoisotopic (exact) mass is 446 g/mol. The summed E-state index contributed by atoms with van der Waals surface area (Å²) >= 11 is 6.14. The first kappa shape index (κ1) is 24.1. The van der Waals surface area contributed by atoms with Crippen LogP contribution < -0.4 is 19.7 Å². The molecule has 0 atom stereocenters. The lowest BCUT2D eigenvalue weighted by molar-refractivity contribution is -0.142. The number of nitrogens with zero attached hydrogens (tertiary/aromatic N) is 1. The molecule has 0 aromatic heterocycles. The van der Waals surface area contributed by atoms with Gasteiger partial charge in [0, 0.05) is 30.5 Å². The predicted octanol–water partition coefficient (Wildman–Crippen LogP) is 4.40. The van der Waals surface area contributed by atoms with E-state index in [0.717, 1.165) is 18.8 Å². The minimum atomic E-state index is -0.655. The fourth-order valence-electron chi connectivity index (χ4n) is 2.92. The Labute approximate surface area is 187 Å².